The number of aryl methyl sites for hydroxylation is 1. The molecule has 0 fully saturated rings. The quantitative estimate of drug-likeness (QED) is 0.853. The first-order chi connectivity index (χ1) is 8.69. The Labute approximate surface area is 123 Å². The summed E-state index contributed by atoms with van der Waals surface area (Å²) in [5.41, 5.74) is 7.79. The zero-order chi connectivity index (χ0) is 14.6. The molecule has 0 bridgehead atoms. The van der Waals surface area contributed by atoms with Crippen molar-refractivity contribution in [3.63, 3.8) is 0 Å². The number of nitrogens with two attached hydrogens (primary N) is 1. The molecule has 0 aliphatic heterocycles. The molecule has 0 aromatic heterocycles. The highest BCUT2D eigenvalue weighted by Gasteiger charge is 2.12. The number of rotatable bonds is 6. The lowest BCUT2D eigenvalue weighted by atomic mass is 10.0. The van der Waals surface area contributed by atoms with Gasteiger partial charge in [-0.3, -0.25) is 0 Å². The summed E-state index contributed by atoms with van der Waals surface area (Å²) in [4.78, 5) is 0. The van der Waals surface area contributed by atoms with Gasteiger partial charge in [0, 0.05) is 16.8 Å². The van der Waals surface area contributed by atoms with E-state index in [2.05, 4.69) is 15.9 Å². The second-order valence-corrected chi connectivity index (χ2v) is 8.05. The summed E-state index contributed by atoms with van der Waals surface area (Å²) in [6, 6.07) is 3.93. The molecule has 1 rings (SSSR count). The molecule has 19 heavy (non-hydrogen) atoms. The maximum atomic E-state index is 11.1. The monoisotopic (exact) mass is 349 g/mol. The van der Waals surface area contributed by atoms with E-state index in [1.54, 1.807) is 0 Å². The largest absolute Gasteiger partial charge is 0.492 e. The van der Waals surface area contributed by atoms with Crippen LogP contribution in [0.25, 0.3) is 0 Å². The fraction of sp³-hybridized carbons (Fsp3) is 0.538. The molecule has 2 N–H and O–H groups in total. The number of sulfone groups is 1. The molecule has 1 unspecified atom stereocenters. The fourth-order valence-electron chi connectivity index (χ4n) is 1.80. The highest BCUT2D eigenvalue weighted by Crippen LogP contribution is 2.29. The molecule has 1 aromatic carbocycles. The molecule has 0 aliphatic carbocycles. The lowest BCUT2D eigenvalue weighted by molar-refractivity contribution is 0.334. The van der Waals surface area contributed by atoms with Crippen molar-refractivity contribution in [3.8, 4) is 5.75 Å². The van der Waals surface area contributed by atoms with Gasteiger partial charge in [0.2, 0.25) is 0 Å². The summed E-state index contributed by atoms with van der Waals surface area (Å²) < 4.78 is 28.8. The van der Waals surface area contributed by atoms with Crippen molar-refractivity contribution in [1.29, 1.82) is 0 Å². The van der Waals surface area contributed by atoms with E-state index < -0.39 is 9.84 Å². The summed E-state index contributed by atoms with van der Waals surface area (Å²) in [5.74, 6) is 0.754. The van der Waals surface area contributed by atoms with Crippen LogP contribution >= 0.6 is 15.9 Å². The topological polar surface area (TPSA) is 69.4 Å². The summed E-state index contributed by atoms with van der Waals surface area (Å²) in [6.45, 7) is 4.02. The van der Waals surface area contributed by atoms with Crippen LogP contribution in [0.5, 0.6) is 5.75 Å². The van der Waals surface area contributed by atoms with E-state index in [0.717, 1.165) is 21.3 Å². The fourth-order valence-corrected chi connectivity index (χ4v) is 2.81. The molecule has 0 aliphatic rings. The Morgan fingerprint density at radius 2 is 2.05 bits per heavy atom. The van der Waals surface area contributed by atoms with Gasteiger partial charge in [-0.1, -0.05) is 15.9 Å². The van der Waals surface area contributed by atoms with Crippen LogP contribution in [0.3, 0.4) is 0 Å². The average Bonchev–Trinajstić information content (AvgIpc) is 2.19. The molecule has 0 amide bonds. The highest BCUT2D eigenvalue weighted by molar-refractivity contribution is 9.10. The molecule has 4 nitrogen and oxygen atoms in total. The van der Waals surface area contributed by atoms with Gasteiger partial charge in [-0.15, -0.1) is 0 Å². The van der Waals surface area contributed by atoms with Crippen molar-refractivity contribution >= 4 is 25.8 Å². The van der Waals surface area contributed by atoms with Gasteiger partial charge >= 0.3 is 0 Å². The van der Waals surface area contributed by atoms with Crippen LogP contribution in [-0.2, 0) is 16.3 Å². The van der Waals surface area contributed by atoms with E-state index in [4.69, 9.17) is 10.5 Å². The average molecular weight is 350 g/mol. The first-order valence-electron chi connectivity index (χ1n) is 6.04. The van der Waals surface area contributed by atoms with Gasteiger partial charge in [0.25, 0.3) is 0 Å². The number of ether oxygens (including phenoxy) is 1. The minimum absolute atomic E-state index is 0.0140. The zero-order valence-corrected chi connectivity index (χ0v) is 13.8. The third-order valence-electron chi connectivity index (χ3n) is 2.56. The van der Waals surface area contributed by atoms with Crippen LogP contribution in [0.1, 0.15) is 18.1 Å². The van der Waals surface area contributed by atoms with Gasteiger partial charge in [0.1, 0.15) is 12.4 Å². The minimum Gasteiger partial charge on any atom is -0.492 e. The maximum Gasteiger partial charge on any atom is 0.150 e. The third kappa shape index (κ3) is 5.93. The Morgan fingerprint density at radius 3 is 2.58 bits per heavy atom. The Balaban J connectivity index is 2.91. The van der Waals surface area contributed by atoms with Gasteiger partial charge in [-0.2, -0.15) is 0 Å². The van der Waals surface area contributed by atoms with Gasteiger partial charge in [0.15, 0.2) is 9.84 Å². The van der Waals surface area contributed by atoms with Gasteiger partial charge in [0.05, 0.1) is 5.75 Å². The van der Waals surface area contributed by atoms with Crippen LogP contribution in [-0.4, -0.2) is 33.1 Å². The van der Waals surface area contributed by atoms with Gasteiger partial charge < -0.3 is 10.5 Å². The zero-order valence-electron chi connectivity index (χ0n) is 11.4. The van der Waals surface area contributed by atoms with Crippen LogP contribution < -0.4 is 10.5 Å². The van der Waals surface area contributed by atoms with Crippen LogP contribution in [0, 0.1) is 6.92 Å². The first-order valence-corrected chi connectivity index (χ1v) is 8.89. The molecule has 6 heteroatoms. The third-order valence-corrected chi connectivity index (χ3v) is 3.92. The van der Waals surface area contributed by atoms with E-state index in [1.165, 1.54) is 6.26 Å². The molecule has 0 spiro atoms. The Bertz CT molecular complexity index is 541. The van der Waals surface area contributed by atoms with E-state index in [9.17, 15) is 8.42 Å². The van der Waals surface area contributed by atoms with Crippen molar-refractivity contribution in [2.24, 2.45) is 5.73 Å². The van der Waals surface area contributed by atoms with E-state index >= 15 is 0 Å². The molecule has 0 saturated carbocycles. The van der Waals surface area contributed by atoms with Crippen molar-refractivity contribution in [2.75, 3.05) is 18.6 Å². The normalized spacial score (nSPS) is 13.3. The highest BCUT2D eigenvalue weighted by atomic mass is 79.9. The molecule has 0 saturated heterocycles. The van der Waals surface area contributed by atoms with E-state index in [0.29, 0.717) is 6.42 Å². The molecular formula is C13H20BrNO3S. The number of hydrogen-bond donors (Lipinski definition) is 1. The van der Waals surface area contributed by atoms with Crippen molar-refractivity contribution in [3.05, 3.63) is 27.7 Å². The predicted molar refractivity (Wildman–Crippen MR) is 81.4 cm³/mol. The van der Waals surface area contributed by atoms with Crippen LogP contribution in [0.2, 0.25) is 0 Å². The lowest BCUT2D eigenvalue weighted by Gasteiger charge is -2.16. The summed E-state index contributed by atoms with van der Waals surface area (Å²) >= 11 is 3.44. The molecule has 1 atom stereocenters. The summed E-state index contributed by atoms with van der Waals surface area (Å²) in [6.07, 6.45) is 1.89. The second-order valence-electron chi connectivity index (χ2n) is 4.87. The Hall–Kier alpha value is -0.590. The summed E-state index contributed by atoms with van der Waals surface area (Å²) in [7, 11) is -3.01. The second kappa shape index (κ2) is 6.72. The van der Waals surface area contributed by atoms with Gasteiger partial charge in [-0.05, 0) is 43.5 Å². The Morgan fingerprint density at radius 1 is 1.42 bits per heavy atom. The molecule has 108 valence electrons. The standard InChI is InChI=1S/C13H20BrNO3S/c1-9-6-12(14)8-11(7-10(2)15)13(9)18-4-5-19(3,16)17/h6,8,10H,4-5,7,15H2,1-3H3. The van der Waals surface area contributed by atoms with Crippen molar-refractivity contribution < 1.29 is 13.2 Å². The molecule has 0 radical (unpaired) electrons. The minimum atomic E-state index is -3.01. The maximum absolute atomic E-state index is 11.1. The summed E-state index contributed by atoms with van der Waals surface area (Å²) in [5, 5.41) is 0. The SMILES string of the molecule is Cc1cc(Br)cc(CC(C)N)c1OCCS(C)(=O)=O. The van der Waals surface area contributed by atoms with E-state index in [-0.39, 0.29) is 18.4 Å². The Kier molecular flexibility index (Phi) is 5.82. The number of benzene rings is 1. The molecular weight excluding hydrogens is 330 g/mol. The molecule has 0 heterocycles. The van der Waals surface area contributed by atoms with Crippen molar-refractivity contribution in [1.82, 2.24) is 0 Å². The molecule has 1 aromatic rings. The van der Waals surface area contributed by atoms with E-state index in [1.807, 2.05) is 26.0 Å². The van der Waals surface area contributed by atoms with Crippen LogP contribution in [0.15, 0.2) is 16.6 Å². The number of hydrogen-bond acceptors (Lipinski definition) is 4. The smallest absolute Gasteiger partial charge is 0.150 e. The first kappa shape index (κ1) is 16.5. The van der Waals surface area contributed by atoms with Crippen LogP contribution in [0.4, 0.5) is 0 Å². The predicted octanol–water partition coefficient (Wildman–Crippen LogP) is 2.07. The van der Waals surface area contributed by atoms with Crippen molar-refractivity contribution in [2.45, 2.75) is 26.3 Å². The number of halogens is 1. The lowest BCUT2D eigenvalue weighted by Crippen LogP contribution is -2.19. The van der Waals surface area contributed by atoms with Gasteiger partial charge in [-0.25, -0.2) is 8.42 Å².